The Morgan fingerprint density at radius 1 is 1.31 bits per heavy atom. The van der Waals surface area contributed by atoms with Crippen molar-refractivity contribution < 1.29 is 9.13 Å². The maximum absolute atomic E-state index is 13.2. The number of anilines is 2. The number of nitrogen functional groups attached to an aromatic ring is 1. The Balaban J connectivity index is 2.13. The minimum atomic E-state index is -0.307. The lowest BCUT2D eigenvalue weighted by Gasteiger charge is -2.35. The lowest BCUT2D eigenvalue weighted by molar-refractivity contribution is 0.0658. The number of ether oxygens (including phenoxy) is 1. The molecule has 16 heavy (non-hydrogen) atoms. The molecule has 1 fully saturated rings. The molecule has 1 aliphatic heterocycles. The fourth-order valence-corrected chi connectivity index (χ4v) is 1.98. The van der Waals surface area contributed by atoms with Crippen molar-refractivity contribution in [3.8, 4) is 0 Å². The van der Waals surface area contributed by atoms with Crippen molar-refractivity contribution in [1.29, 1.82) is 0 Å². The first-order chi connectivity index (χ1) is 7.57. The largest absolute Gasteiger partial charge is 0.399 e. The Kier molecular flexibility index (Phi) is 3.01. The van der Waals surface area contributed by atoms with Crippen LogP contribution in [0.2, 0.25) is 0 Å². The highest BCUT2D eigenvalue weighted by atomic mass is 19.1. The van der Waals surface area contributed by atoms with Gasteiger partial charge in [0, 0.05) is 30.1 Å². The predicted octanol–water partition coefficient (Wildman–Crippen LogP) is 2.39. The van der Waals surface area contributed by atoms with Crippen LogP contribution < -0.4 is 11.1 Å². The molecule has 0 aromatic heterocycles. The molecule has 0 amide bonds. The first kappa shape index (κ1) is 11.2. The van der Waals surface area contributed by atoms with Gasteiger partial charge in [0.25, 0.3) is 0 Å². The highest BCUT2D eigenvalue weighted by Gasteiger charge is 2.27. The van der Waals surface area contributed by atoms with Gasteiger partial charge in [-0.2, -0.15) is 0 Å². The molecule has 1 saturated heterocycles. The van der Waals surface area contributed by atoms with Crippen LogP contribution >= 0.6 is 0 Å². The van der Waals surface area contributed by atoms with Crippen LogP contribution in [0.4, 0.5) is 15.8 Å². The maximum atomic E-state index is 13.2. The average molecular weight is 224 g/mol. The molecule has 3 N–H and O–H groups in total. The highest BCUT2D eigenvalue weighted by molar-refractivity contribution is 5.55. The molecule has 0 saturated carbocycles. The fourth-order valence-electron chi connectivity index (χ4n) is 1.98. The number of hydrogen-bond acceptors (Lipinski definition) is 3. The second-order valence-electron chi connectivity index (χ2n) is 4.57. The van der Waals surface area contributed by atoms with Gasteiger partial charge in [-0.3, -0.25) is 0 Å². The summed E-state index contributed by atoms with van der Waals surface area (Å²) in [5.41, 5.74) is 6.75. The number of rotatable bonds is 2. The summed E-state index contributed by atoms with van der Waals surface area (Å²) in [4.78, 5) is 0. The normalized spacial score (nSPS) is 19.4. The third-order valence-corrected chi connectivity index (χ3v) is 2.96. The monoisotopic (exact) mass is 224 g/mol. The van der Waals surface area contributed by atoms with Crippen molar-refractivity contribution in [2.24, 2.45) is 0 Å². The van der Waals surface area contributed by atoms with E-state index in [0.29, 0.717) is 5.69 Å². The summed E-state index contributed by atoms with van der Waals surface area (Å²) >= 11 is 0. The quantitative estimate of drug-likeness (QED) is 0.758. The Bertz CT molecular complexity index is 355. The summed E-state index contributed by atoms with van der Waals surface area (Å²) in [5.74, 6) is -0.307. The number of benzene rings is 1. The van der Waals surface area contributed by atoms with E-state index in [4.69, 9.17) is 10.5 Å². The molecule has 0 aliphatic carbocycles. The van der Waals surface area contributed by atoms with E-state index < -0.39 is 0 Å². The van der Waals surface area contributed by atoms with Gasteiger partial charge in [0.05, 0.1) is 0 Å². The van der Waals surface area contributed by atoms with E-state index in [1.807, 2.05) is 0 Å². The topological polar surface area (TPSA) is 47.3 Å². The van der Waals surface area contributed by atoms with Crippen molar-refractivity contribution in [3.05, 3.63) is 24.0 Å². The van der Waals surface area contributed by atoms with E-state index in [9.17, 15) is 4.39 Å². The van der Waals surface area contributed by atoms with Crippen LogP contribution in [-0.2, 0) is 4.74 Å². The van der Waals surface area contributed by atoms with Crippen LogP contribution in [0.25, 0.3) is 0 Å². The molecule has 0 atom stereocenters. The zero-order chi connectivity index (χ0) is 11.6. The molecule has 0 bridgehead atoms. The molecule has 1 aliphatic rings. The summed E-state index contributed by atoms with van der Waals surface area (Å²) in [6.07, 6.45) is 1.84. The second-order valence-corrected chi connectivity index (χ2v) is 4.57. The molecule has 1 heterocycles. The lowest BCUT2D eigenvalue weighted by atomic mass is 9.92. The van der Waals surface area contributed by atoms with Gasteiger partial charge in [-0.05, 0) is 38.0 Å². The number of halogens is 1. The van der Waals surface area contributed by atoms with Crippen LogP contribution in [0, 0.1) is 5.82 Å². The average Bonchev–Trinajstić information content (AvgIpc) is 2.15. The molecule has 1 aromatic rings. The lowest BCUT2D eigenvalue weighted by Crippen LogP contribution is -2.40. The van der Waals surface area contributed by atoms with Gasteiger partial charge in [0.1, 0.15) is 5.82 Å². The van der Waals surface area contributed by atoms with Crippen LogP contribution in [0.1, 0.15) is 19.8 Å². The number of nitrogens with one attached hydrogen (secondary N) is 1. The second kappa shape index (κ2) is 4.29. The van der Waals surface area contributed by atoms with E-state index in [-0.39, 0.29) is 11.4 Å². The van der Waals surface area contributed by atoms with Crippen molar-refractivity contribution in [2.45, 2.75) is 25.3 Å². The summed E-state index contributed by atoms with van der Waals surface area (Å²) in [7, 11) is 0. The molecule has 0 spiro atoms. The van der Waals surface area contributed by atoms with Gasteiger partial charge in [0.2, 0.25) is 0 Å². The minimum absolute atomic E-state index is 0.0293. The molecule has 0 radical (unpaired) electrons. The first-order valence-corrected chi connectivity index (χ1v) is 5.49. The third-order valence-electron chi connectivity index (χ3n) is 2.96. The summed E-state index contributed by atoms with van der Waals surface area (Å²) < 4.78 is 18.5. The van der Waals surface area contributed by atoms with E-state index in [0.717, 1.165) is 31.7 Å². The van der Waals surface area contributed by atoms with Gasteiger partial charge in [-0.1, -0.05) is 0 Å². The van der Waals surface area contributed by atoms with Gasteiger partial charge in [-0.15, -0.1) is 0 Å². The molecular weight excluding hydrogens is 207 g/mol. The Hall–Kier alpha value is -1.29. The smallest absolute Gasteiger partial charge is 0.127 e. The molecule has 88 valence electrons. The van der Waals surface area contributed by atoms with E-state index in [1.54, 1.807) is 6.07 Å². The Labute approximate surface area is 94.8 Å². The summed E-state index contributed by atoms with van der Waals surface area (Å²) in [5, 5.41) is 3.34. The molecule has 4 heteroatoms. The van der Waals surface area contributed by atoms with Crippen molar-refractivity contribution in [1.82, 2.24) is 0 Å². The first-order valence-electron chi connectivity index (χ1n) is 5.49. The molecule has 2 rings (SSSR count). The molecule has 1 aromatic carbocycles. The zero-order valence-electron chi connectivity index (χ0n) is 9.42. The predicted molar refractivity (Wildman–Crippen MR) is 62.9 cm³/mol. The van der Waals surface area contributed by atoms with Gasteiger partial charge >= 0.3 is 0 Å². The van der Waals surface area contributed by atoms with Crippen molar-refractivity contribution in [2.75, 3.05) is 24.3 Å². The minimum Gasteiger partial charge on any atom is -0.399 e. The Morgan fingerprint density at radius 3 is 2.62 bits per heavy atom. The highest BCUT2D eigenvalue weighted by Crippen LogP contribution is 2.26. The van der Waals surface area contributed by atoms with Crippen LogP contribution in [-0.4, -0.2) is 18.8 Å². The van der Waals surface area contributed by atoms with Crippen molar-refractivity contribution >= 4 is 11.4 Å². The molecule has 0 unspecified atom stereocenters. The standard InChI is InChI=1S/C12H17FN2O/c1-12(2-4-16-5-3-12)15-11-7-9(13)6-10(14)8-11/h6-8,15H,2-5,14H2,1H3. The Morgan fingerprint density at radius 2 is 2.00 bits per heavy atom. The molecular formula is C12H17FN2O. The van der Waals surface area contributed by atoms with Crippen LogP contribution in [0.15, 0.2) is 18.2 Å². The summed E-state index contributed by atoms with van der Waals surface area (Å²) in [6.45, 7) is 3.61. The number of hydrogen-bond donors (Lipinski definition) is 2. The van der Waals surface area contributed by atoms with E-state index in [2.05, 4.69) is 12.2 Å². The van der Waals surface area contributed by atoms with Gasteiger partial charge in [-0.25, -0.2) is 4.39 Å². The SMILES string of the molecule is CC1(Nc2cc(N)cc(F)c2)CCOCC1. The number of nitrogens with two attached hydrogens (primary N) is 1. The van der Waals surface area contributed by atoms with E-state index >= 15 is 0 Å². The third kappa shape index (κ3) is 2.64. The maximum Gasteiger partial charge on any atom is 0.127 e. The van der Waals surface area contributed by atoms with Crippen LogP contribution in [0.3, 0.4) is 0 Å². The van der Waals surface area contributed by atoms with Gasteiger partial charge in [0.15, 0.2) is 0 Å². The fraction of sp³-hybridized carbons (Fsp3) is 0.500. The molecule has 3 nitrogen and oxygen atoms in total. The van der Waals surface area contributed by atoms with E-state index in [1.165, 1.54) is 12.1 Å². The van der Waals surface area contributed by atoms with Crippen LogP contribution in [0.5, 0.6) is 0 Å². The summed E-state index contributed by atoms with van der Waals surface area (Å²) in [6, 6.07) is 4.54. The zero-order valence-corrected chi connectivity index (χ0v) is 9.42. The van der Waals surface area contributed by atoms with Gasteiger partial charge < -0.3 is 15.8 Å². The van der Waals surface area contributed by atoms with Crippen molar-refractivity contribution in [3.63, 3.8) is 0 Å².